The first-order valence-electron chi connectivity index (χ1n) is 7.67. The molecule has 0 bridgehead atoms. The maximum Gasteiger partial charge on any atom is 0.251 e. The number of amides is 1. The molecule has 0 spiro atoms. The molecule has 7 heteroatoms. The molecule has 1 aliphatic rings. The van der Waals surface area contributed by atoms with Gasteiger partial charge >= 0.3 is 0 Å². The van der Waals surface area contributed by atoms with E-state index in [4.69, 9.17) is 24.7 Å². The molecule has 3 N–H and O–H groups in total. The zero-order valence-electron chi connectivity index (χ0n) is 13.6. The molecule has 1 atom stereocenters. The van der Waals surface area contributed by atoms with Crippen LogP contribution >= 0.6 is 0 Å². The Bertz CT molecular complexity index is 504. The van der Waals surface area contributed by atoms with Gasteiger partial charge < -0.3 is 30.0 Å². The highest BCUT2D eigenvalue weighted by atomic mass is 16.5. The van der Waals surface area contributed by atoms with Crippen LogP contribution in [0.4, 0.5) is 0 Å². The minimum absolute atomic E-state index is 0.0416. The fourth-order valence-corrected chi connectivity index (χ4v) is 2.33. The van der Waals surface area contributed by atoms with Crippen molar-refractivity contribution in [1.29, 1.82) is 0 Å². The summed E-state index contributed by atoms with van der Waals surface area (Å²) >= 11 is 0. The van der Waals surface area contributed by atoms with E-state index in [2.05, 4.69) is 5.32 Å². The molecule has 1 fully saturated rings. The first-order chi connectivity index (χ1) is 11.2. The fourth-order valence-electron chi connectivity index (χ4n) is 2.33. The molecule has 0 saturated carbocycles. The van der Waals surface area contributed by atoms with Gasteiger partial charge in [0.1, 0.15) is 0 Å². The zero-order valence-corrected chi connectivity index (χ0v) is 13.6. The summed E-state index contributed by atoms with van der Waals surface area (Å²) in [5.41, 5.74) is 5.93. The maximum atomic E-state index is 12.4. The van der Waals surface area contributed by atoms with Crippen LogP contribution in [-0.2, 0) is 4.74 Å². The maximum absolute atomic E-state index is 12.4. The van der Waals surface area contributed by atoms with Crippen LogP contribution in [-0.4, -0.2) is 52.5 Å². The molecule has 0 radical (unpaired) electrons. The average molecular weight is 324 g/mol. The smallest absolute Gasteiger partial charge is 0.251 e. The SMILES string of the molecule is COc1cc(C(=O)NC2CCOC2)cc(OC)c1OCCCN. The van der Waals surface area contributed by atoms with Crippen molar-refractivity contribution in [3.63, 3.8) is 0 Å². The second kappa shape index (κ2) is 8.59. The minimum Gasteiger partial charge on any atom is -0.493 e. The largest absolute Gasteiger partial charge is 0.493 e. The molecule has 1 aromatic rings. The van der Waals surface area contributed by atoms with Gasteiger partial charge in [-0.15, -0.1) is 0 Å². The molecular formula is C16H24N2O5. The molecular weight excluding hydrogens is 300 g/mol. The summed E-state index contributed by atoms with van der Waals surface area (Å²) in [5, 5.41) is 2.94. The van der Waals surface area contributed by atoms with Crippen LogP contribution in [0.25, 0.3) is 0 Å². The second-order valence-corrected chi connectivity index (χ2v) is 5.23. The van der Waals surface area contributed by atoms with E-state index < -0.39 is 0 Å². The van der Waals surface area contributed by atoms with Gasteiger partial charge in [0.05, 0.1) is 33.5 Å². The van der Waals surface area contributed by atoms with Crippen LogP contribution in [0.15, 0.2) is 12.1 Å². The summed E-state index contributed by atoms with van der Waals surface area (Å²) < 4.78 is 21.6. The van der Waals surface area contributed by atoms with Gasteiger partial charge in [-0.3, -0.25) is 4.79 Å². The van der Waals surface area contributed by atoms with Crippen molar-refractivity contribution in [3.05, 3.63) is 17.7 Å². The van der Waals surface area contributed by atoms with Gasteiger partial charge in [-0.2, -0.15) is 0 Å². The van der Waals surface area contributed by atoms with Gasteiger partial charge in [0.25, 0.3) is 5.91 Å². The number of ether oxygens (including phenoxy) is 4. The molecule has 1 aliphatic heterocycles. The topological polar surface area (TPSA) is 92.0 Å². The molecule has 1 saturated heterocycles. The number of carbonyl (C=O) groups is 1. The zero-order chi connectivity index (χ0) is 16.7. The van der Waals surface area contributed by atoms with Crippen LogP contribution < -0.4 is 25.3 Å². The standard InChI is InChI=1S/C16H24N2O5/c1-20-13-8-11(16(19)18-12-4-7-22-10-12)9-14(21-2)15(13)23-6-3-5-17/h8-9,12H,3-7,10,17H2,1-2H3,(H,18,19). The van der Waals surface area contributed by atoms with Gasteiger partial charge in [0.15, 0.2) is 11.5 Å². The molecule has 0 aromatic heterocycles. The highest BCUT2D eigenvalue weighted by molar-refractivity contribution is 5.95. The van der Waals surface area contributed by atoms with Crippen LogP contribution in [0.3, 0.4) is 0 Å². The van der Waals surface area contributed by atoms with E-state index in [1.807, 2.05) is 0 Å². The number of nitrogens with one attached hydrogen (secondary N) is 1. The van der Waals surface area contributed by atoms with E-state index in [1.54, 1.807) is 12.1 Å². The summed E-state index contributed by atoms with van der Waals surface area (Å²) in [5.74, 6) is 1.19. The lowest BCUT2D eigenvalue weighted by Crippen LogP contribution is -2.35. The highest BCUT2D eigenvalue weighted by Crippen LogP contribution is 2.38. The Kier molecular flexibility index (Phi) is 6.49. The predicted octanol–water partition coefficient (Wildman–Crippen LogP) is 0.950. The molecule has 1 heterocycles. The quantitative estimate of drug-likeness (QED) is 0.692. The molecule has 1 aromatic carbocycles. The number of benzene rings is 1. The van der Waals surface area contributed by atoms with Crippen molar-refractivity contribution in [2.45, 2.75) is 18.9 Å². The van der Waals surface area contributed by atoms with Crippen molar-refractivity contribution in [2.75, 3.05) is 40.6 Å². The number of methoxy groups -OCH3 is 2. The van der Waals surface area contributed by atoms with Crippen molar-refractivity contribution >= 4 is 5.91 Å². The minimum atomic E-state index is -0.189. The molecule has 128 valence electrons. The normalized spacial score (nSPS) is 16.9. The van der Waals surface area contributed by atoms with Crippen molar-refractivity contribution in [2.24, 2.45) is 5.73 Å². The Morgan fingerprint density at radius 2 is 2.04 bits per heavy atom. The van der Waals surface area contributed by atoms with Gasteiger partial charge in [-0.1, -0.05) is 0 Å². The number of rotatable bonds is 8. The van der Waals surface area contributed by atoms with Gasteiger partial charge in [0, 0.05) is 12.2 Å². The van der Waals surface area contributed by atoms with Crippen molar-refractivity contribution in [3.8, 4) is 17.2 Å². The highest BCUT2D eigenvalue weighted by Gasteiger charge is 2.21. The number of carbonyl (C=O) groups excluding carboxylic acids is 1. The Balaban J connectivity index is 2.18. The van der Waals surface area contributed by atoms with E-state index >= 15 is 0 Å². The van der Waals surface area contributed by atoms with Crippen LogP contribution in [0.5, 0.6) is 17.2 Å². The molecule has 1 unspecified atom stereocenters. The Morgan fingerprint density at radius 1 is 1.35 bits per heavy atom. The summed E-state index contributed by atoms with van der Waals surface area (Å²) in [6, 6.07) is 3.33. The number of hydrogen-bond donors (Lipinski definition) is 2. The van der Waals surface area contributed by atoms with Crippen molar-refractivity contribution in [1.82, 2.24) is 5.32 Å². The third-order valence-electron chi connectivity index (χ3n) is 3.58. The fraction of sp³-hybridized carbons (Fsp3) is 0.562. The Morgan fingerprint density at radius 3 is 2.57 bits per heavy atom. The summed E-state index contributed by atoms with van der Waals surface area (Å²) in [7, 11) is 3.05. The summed E-state index contributed by atoms with van der Waals surface area (Å²) in [6.45, 7) is 2.20. The van der Waals surface area contributed by atoms with Gasteiger partial charge in [-0.25, -0.2) is 0 Å². The first-order valence-corrected chi connectivity index (χ1v) is 7.67. The Labute approximate surface area is 136 Å². The van der Waals surface area contributed by atoms with E-state index in [1.165, 1.54) is 14.2 Å². The third-order valence-corrected chi connectivity index (χ3v) is 3.58. The average Bonchev–Trinajstić information content (AvgIpc) is 3.07. The first kappa shape index (κ1) is 17.4. The molecule has 2 rings (SSSR count). The van der Waals surface area contributed by atoms with Crippen LogP contribution in [0.1, 0.15) is 23.2 Å². The Hall–Kier alpha value is -1.99. The second-order valence-electron chi connectivity index (χ2n) is 5.23. The monoisotopic (exact) mass is 324 g/mol. The van der Waals surface area contributed by atoms with E-state index in [-0.39, 0.29) is 11.9 Å². The number of hydrogen-bond acceptors (Lipinski definition) is 6. The van der Waals surface area contributed by atoms with Gasteiger partial charge in [-0.05, 0) is 31.5 Å². The number of nitrogens with two attached hydrogens (primary N) is 1. The van der Waals surface area contributed by atoms with Gasteiger partial charge in [0.2, 0.25) is 5.75 Å². The molecule has 1 amide bonds. The van der Waals surface area contributed by atoms with Crippen LogP contribution in [0.2, 0.25) is 0 Å². The van der Waals surface area contributed by atoms with Crippen LogP contribution in [0, 0.1) is 0 Å². The lowest BCUT2D eigenvalue weighted by molar-refractivity contribution is 0.0929. The third kappa shape index (κ3) is 4.49. The van der Waals surface area contributed by atoms with E-state index in [0.717, 1.165) is 12.8 Å². The van der Waals surface area contributed by atoms with E-state index in [0.29, 0.717) is 49.2 Å². The molecule has 7 nitrogen and oxygen atoms in total. The van der Waals surface area contributed by atoms with E-state index in [9.17, 15) is 4.79 Å². The predicted molar refractivity (Wildman–Crippen MR) is 85.4 cm³/mol. The lowest BCUT2D eigenvalue weighted by Gasteiger charge is -2.17. The lowest BCUT2D eigenvalue weighted by atomic mass is 10.1. The van der Waals surface area contributed by atoms with Crippen molar-refractivity contribution < 1.29 is 23.7 Å². The molecule has 23 heavy (non-hydrogen) atoms. The summed E-state index contributed by atoms with van der Waals surface area (Å²) in [4.78, 5) is 12.4. The summed E-state index contributed by atoms with van der Waals surface area (Å²) in [6.07, 6.45) is 1.54. The molecule has 0 aliphatic carbocycles.